The number of halogens is 1. The number of rotatable bonds is 6. The Balaban J connectivity index is 1.82. The van der Waals surface area contributed by atoms with Crippen molar-refractivity contribution >= 4 is 21.8 Å². The lowest BCUT2D eigenvalue weighted by atomic mass is 10.2. The van der Waals surface area contributed by atoms with Crippen LogP contribution in [0.2, 0.25) is 0 Å². The first-order valence-electron chi connectivity index (χ1n) is 6.28. The van der Waals surface area contributed by atoms with Crippen molar-refractivity contribution < 1.29 is 14.7 Å². The van der Waals surface area contributed by atoms with Crippen molar-refractivity contribution in [2.45, 2.75) is 0 Å². The van der Waals surface area contributed by atoms with Crippen LogP contribution < -0.4 is 15.2 Å². The van der Waals surface area contributed by atoms with Crippen LogP contribution in [-0.2, 0) is 0 Å². The normalized spacial score (nSPS) is 11.2. The second-order valence-corrected chi connectivity index (χ2v) is 5.08. The van der Waals surface area contributed by atoms with Gasteiger partial charge in [0.25, 0.3) is 0 Å². The quantitative estimate of drug-likeness (QED) is 0.276. The van der Waals surface area contributed by atoms with Gasteiger partial charge in [-0.3, -0.25) is 0 Å². The van der Waals surface area contributed by atoms with E-state index in [1.807, 2.05) is 24.3 Å². The van der Waals surface area contributed by atoms with Crippen molar-refractivity contribution in [2.24, 2.45) is 10.9 Å². The van der Waals surface area contributed by atoms with Gasteiger partial charge in [0.15, 0.2) is 5.84 Å². The van der Waals surface area contributed by atoms with E-state index in [2.05, 4.69) is 21.1 Å². The first-order valence-corrected chi connectivity index (χ1v) is 7.07. The molecule has 0 spiro atoms. The third kappa shape index (κ3) is 4.68. The Morgan fingerprint density at radius 2 is 1.71 bits per heavy atom. The highest BCUT2D eigenvalue weighted by atomic mass is 79.9. The average molecular weight is 351 g/mol. The van der Waals surface area contributed by atoms with E-state index in [1.54, 1.807) is 24.3 Å². The van der Waals surface area contributed by atoms with Crippen molar-refractivity contribution in [3.63, 3.8) is 0 Å². The highest BCUT2D eigenvalue weighted by molar-refractivity contribution is 9.10. The number of benzene rings is 2. The van der Waals surface area contributed by atoms with Crippen LogP contribution in [0.1, 0.15) is 5.56 Å². The number of hydrogen-bond donors (Lipinski definition) is 2. The molecule has 0 heterocycles. The minimum atomic E-state index is 0.0477. The Morgan fingerprint density at radius 3 is 2.38 bits per heavy atom. The molecule has 0 bridgehead atoms. The Hall–Kier alpha value is -2.21. The third-order valence-corrected chi connectivity index (χ3v) is 3.20. The van der Waals surface area contributed by atoms with Crippen LogP contribution in [0.4, 0.5) is 0 Å². The van der Waals surface area contributed by atoms with E-state index in [-0.39, 0.29) is 5.84 Å². The lowest BCUT2D eigenvalue weighted by Crippen LogP contribution is -2.13. The molecule has 5 nitrogen and oxygen atoms in total. The molecule has 6 heteroatoms. The van der Waals surface area contributed by atoms with Gasteiger partial charge in [-0.2, -0.15) is 0 Å². The predicted molar refractivity (Wildman–Crippen MR) is 84.1 cm³/mol. The molecule has 21 heavy (non-hydrogen) atoms. The molecule has 110 valence electrons. The largest absolute Gasteiger partial charge is 0.490 e. The smallest absolute Gasteiger partial charge is 0.170 e. The van der Waals surface area contributed by atoms with E-state index in [0.29, 0.717) is 24.5 Å². The zero-order chi connectivity index (χ0) is 15.1. The zero-order valence-corrected chi connectivity index (χ0v) is 12.8. The highest BCUT2D eigenvalue weighted by Crippen LogP contribution is 2.16. The minimum Gasteiger partial charge on any atom is -0.490 e. The zero-order valence-electron chi connectivity index (χ0n) is 11.2. The SMILES string of the molecule is NC(=NO)c1cccc(OCCOc2ccc(Br)cc2)c1. The average Bonchev–Trinajstić information content (AvgIpc) is 2.53. The van der Waals surface area contributed by atoms with Gasteiger partial charge in [-0.25, -0.2) is 0 Å². The maximum absolute atomic E-state index is 8.64. The van der Waals surface area contributed by atoms with E-state index in [9.17, 15) is 0 Å². The fourth-order valence-electron chi connectivity index (χ4n) is 1.65. The van der Waals surface area contributed by atoms with E-state index in [4.69, 9.17) is 20.4 Å². The van der Waals surface area contributed by atoms with E-state index >= 15 is 0 Å². The molecule has 0 aliphatic carbocycles. The second kappa shape index (κ2) is 7.54. The fourth-order valence-corrected chi connectivity index (χ4v) is 1.92. The van der Waals surface area contributed by atoms with Crippen LogP contribution >= 0.6 is 15.9 Å². The molecule has 0 saturated heterocycles. The molecule has 0 radical (unpaired) electrons. The second-order valence-electron chi connectivity index (χ2n) is 4.16. The van der Waals surface area contributed by atoms with Crippen LogP contribution in [0.3, 0.4) is 0 Å². The molecule has 2 rings (SSSR count). The Bertz CT molecular complexity index is 615. The Morgan fingerprint density at radius 1 is 1.05 bits per heavy atom. The van der Waals surface area contributed by atoms with Gasteiger partial charge in [-0.05, 0) is 36.4 Å². The van der Waals surface area contributed by atoms with Gasteiger partial charge in [0.2, 0.25) is 0 Å². The summed E-state index contributed by atoms with van der Waals surface area (Å²) in [4.78, 5) is 0. The minimum absolute atomic E-state index is 0.0477. The molecule has 0 amide bonds. The van der Waals surface area contributed by atoms with Crippen LogP contribution in [0, 0.1) is 0 Å². The molecule has 2 aromatic carbocycles. The molecular weight excluding hydrogens is 336 g/mol. The number of nitrogens with two attached hydrogens (primary N) is 1. The van der Waals surface area contributed by atoms with Gasteiger partial charge in [-0.1, -0.05) is 33.2 Å². The molecule has 2 aromatic rings. The standard InChI is InChI=1S/C15H15BrN2O3/c16-12-4-6-13(7-5-12)20-8-9-21-14-3-1-2-11(10-14)15(17)18-19/h1-7,10,19H,8-9H2,(H2,17,18). The molecule has 0 fully saturated rings. The maximum atomic E-state index is 8.64. The van der Waals surface area contributed by atoms with Gasteiger partial charge in [-0.15, -0.1) is 0 Å². The first-order chi connectivity index (χ1) is 10.2. The van der Waals surface area contributed by atoms with Gasteiger partial charge >= 0.3 is 0 Å². The highest BCUT2D eigenvalue weighted by Gasteiger charge is 2.01. The molecule has 0 atom stereocenters. The summed E-state index contributed by atoms with van der Waals surface area (Å²) in [6.07, 6.45) is 0. The van der Waals surface area contributed by atoms with E-state index in [0.717, 1.165) is 10.2 Å². The molecule has 0 aliphatic rings. The number of ether oxygens (including phenoxy) is 2. The summed E-state index contributed by atoms with van der Waals surface area (Å²) in [5, 5.41) is 11.6. The fraction of sp³-hybridized carbons (Fsp3) is 0.133. The Labute approximate surface area is 131 Å². The summed E-state index contributed by atoms with van der Waals surface area (Å²) in [5.41, 5.74) is 6.12. The first kappa shape index (κ1) is 15.2. The van der Waals surface area contributed by atoms with Crippen LogP contribution in [0.25, 0.3) is 0 Å². The lowest BCUT2D eigenvalue weighted by Gasteiger charge is -2.09. The van der Waals surface area contributed by atoms with Crippen molar-refractivity contribution in [3.05, 3.63) is 58.6 Å². The number of oxime groups is 1. The van der Waals surface area contributed by atoms with Crippen molar-refractivity contribution in [1.29, 1.82) is 0 Å². The van der Waals surface area contributed by atoms with Crippen LogP contribution in [-0.4, -0.2) is 24.3 Å². The summed E-state index contributed by atoms with van der Waals surface area (Å²) in [5.74, 6) is 1.47. The van der Waals surface area contributed by atoms with Gasteiger partial charge in [0, 0.05) is 10.0 Å². The van der Waals surface area contributed by atoms with E-state index < -0.39 is 0 Å². The molecule has 0 saturated carbocycles. The molecule has 0 aliphatic heterocycles. The lowest BCUT2D eigenvalue weighted by molar-refractivity contribution is 0.217. The van der Waals surface area contributed by atoms with Crippen molar-refractivity contribution in [3.8, 4) is 11.5 Å². The topological polar surface area (TPSA) is 77.1 Å². The Kier molecular flexibility index (Phi) is 5.45. The molecular formula is C15H15BrN2O3. The van der Waals surface area contributed by atoms with Crippen molar-refractivity contribution in [1.82, 2.24) is 0 Å². The number of amidine groups is 1. The summed E-state index contributed by atoms with van der Waals surface area (Å²) >= 11 is 3.36. The number of hydrogen-bond acceptors (Lipinski definition) is 4. The summed E-state index contributed by atoms with van der Waals surface area (Å²) in [6.45, 7) is 0.825. The van der Waals surface area contributed by atoms with E-state index in [1.165, 1.54) is 0 Å². The van der Waals surface area contributed by atoms with Gasteiger partial charge in [0.1, 0.15) is 24.7 Å². The summed E-state index contributed by atoms with van der Waals surface area (Å²) in [7, 11) is 0. The number of nitrogens with zero attached hydrogens (tertiary/aromatic N) is 1. The molecule has 0 unspecified atom stereocenters. The van der Waals surface area contributed by atoms with Crippen LogP contribution in [0.5, 0.6) is 11.5 Å². The predicted octanol–water partition coefficient (Wildman–Crippen LogP) is 3.00. The third-order valence-electron chi connectivity index (χ3n) is 2.67. The van der Waals surface area contributed by atoms with Crippen LogP contribution in [0.15, 0.2) is 58.2 Å². The monoisotopic (exact) mass is 350 g/mol. The summed E-state index contributed by atoms with van der Waals surface area (Å²) in [6, 6.07) is 14.6. The molecule has 3 N–H and O–H groups in total. The van der Waals surface area contributed by atoms with Gasteiger partial charge < -0.3 is 20.4 Å². The van der Waals surface area contributed by atoms with Gasteiger partial charge in [0.05, 0.1) is 0 Å². The summed E-state index contributed by atoms with van der Waals surface area (Å²) < 4.78 is 12.1. The molecule has 0 aromatic heterocycles. The maximum Gasteiger partial charge on any atom is 0.170 e. The van der Waals surface area contributed by atoms with Crippen molar-refractivity contribution in [2.75, 3.05) is 13.2 Å².